The Morgan fingerprint density at radius 3 is 2.29 bits per heavy atom. The number of nitrogens with one attached hydrogen (secondary N) is 2. The molecule has 0 spiro atoms. The predicted molar refractivity (Wildman–Crippen MR) is 86.3 cm³/mol. The molecule has 0 atom stereocenters. The van der Waals surface area contributed by atoms with Crippen molar-refractivity contribution in [2.45, 2.75) is 38.6 Å². The van der Waals surface area contributed by atoms with Crippen molar-refractivity contribution >= 4 is 18.1 Å². The van der Waals surface area contributed by atoms with Crippen LogP contribution in [0.2, 0.25) is 0 Å². The van der Waals surface area contributed by atoms with Gasteiger partial charge in [0, 0.05) is 19.2 Å². The molecule has 1 rings (SSSR count). The molecule has 0 aromatic heterocycles. The second kappa shape index (κ2) is 16.6. The van der Waals surface area contributed by atoms with E-state index in [2.05, 4.69) is 10.6 Å². The first kappa shape index (κ1) is 26.4. The third kappa shape index (κ3) is 12.5. The summed E-state index contributed by atoms with van der Waals surface area (Å²) in [4.78, 5) is 33.4. The van der Waals surface area contributed by atoms with Crippen LogP contribution in [-0.2, 0) is 23.9 Å². The Morgan fingerprint density at radius 2 is 1.71 bits per heavy atom. The largest absolute Gasteiger partial charge is 1.00 e. The van der Waals surface area contributed by atoms with Crippen molar-refractivity contribution in [3.8, 4) is 0 Å². The van der Waals surface area contributed by atoms with Crippen molar-refractivity contribution in [2.24, 2.45) is 5.92 Å². The summed E-state index contributed by atoms with van der Waals surface area (Å²) < 4.78 is 10.2. The molecular weight excluding hydrogens is 339 g/mol. The number of hydrogen-bond donors (Lipinski definition) is 2. The fraction of sp³-hybridized carbons (Fsp3) is 0.750. The first-order valence-electron chi connectivity index (χ1n) is 7.75. The van der Waals surface area contributed by atoms with Gasteiger partial charge in [0.15, 0.2) is 0 Å². The quantitative estimate of drug-likeness (QED) is 0.251. The van der Waals surface area contributed by atoms with E-state index < -0.39 is 0 Å². The third-order valence-electron chi connectivity index (χ3n) is 3.50. The van der Waals surface area contributed by atoms with Gasteiger partial charge in [0.1, 0.15) is 13.2 Å². The third-order valence-corrected chi connectivity index (χ3v) is 3.50. The second-order valence-corrected chi connectivity index (χ2v) is 5.27. The molecule has 2 N–H and O–H groups in total. The second-order valence-electron chi connectivity index (χ2n) is 5.27. The SMILES string of the molecule is CCOCC(=O)NCCOCC(=O)NC1CCC([C-]=O)CC1.[CH3-].[K+]. The van der Waals surface area contributed by atoms with Crippen molar-refractivity contribution < 1.29 is 75.2 Å². The molecule has 1 fully saturated rings. The van der Waals surface area contributed by atoms with E-state index in [4.69, 9.17) is 9.47 Å². The molecule has 1 saturated carbocycles. The van der Waals surface area contributed by atoms with Gasteiger partial charge in [-0.1, -0.05) is 12.8 Å². The zero-order valence-electron chi connectivity index (χ0n) is 15.1. The standard InChI is InChI=1S/C15H25N2O5.CH3.K/c1-2-21-10-14(19)16-7-8-22-11-15(20)17-13-5-3-12(9-18)4-6-13;;/h12-13H,2-8,10-11H2,1H3,(H,16,19)(H,17,20);1H3;/q2*-1;+1. The van der Waals surface area contributed by atoms with Gasteiger partial charge in [0.05, 0.1) is 6.61 Å². The van der Waals surface area contributed by atoms with Gasteiger partial charge in [0.2, 0.25) is 11.8 Å². The zero-order valence-corrected chi connectivity index (χ0v) is 18.2. The van der Waals surface area contributed by atoms with Gasteiger partial charge >= 0.3 is 51.4 Å². The number of hydrogen-bond acceptors (Lipinski definition) is 5. The van der Waals surface area contributed by atoms with Gasteiger partial charge in [-0.25, -0.2) is 0 Å². The Labute approximate surface area is 187 Å². The summed E-state index contributed by atoms with van der Waals surface area (Å²) >= 11 is 0. The fourth-order valence-electron chi connectivity index (χ4n) is 2.30. The molecule has 0 radical (unpaired) electrons. The maximum atomic E-state index is 11.7. The average Bonchev–Trinajstić information content (AvgIpc) is 2.53. The molecule has 7 nitrogen and oxygen atoms in total. The molecule has 1 aliphatic carbocycles. The smallest absolute Gasteiger partial charge is 0.542 e. The van der Waals surface area contributed by atoms with Crippen LogP contribution >= 0.6 is 0 Å². The normalized spacial score (nSPS) is 19.4. The summed E-state index contributed by atoms with van der Waals surface area (Å²) in [6.07, 6.45) is 5.18. The minimum absolute atomic E-state index is 0. The molecule has 0 unspecified atom stereocenters. The summed E-state index contributed by atoms with van der Waals surface area (Å²) in [5.41, 5.74) is 0. The molecule has 0 heterocycles. The van der Waals surface area contributed by atoms with Crippen LogP contribution in [0.5, 0.6) is 0 Å². The Bertz CT molecular complexity index is 360. The van der Waals surface area contributed by atoms with Gasteiger partial charge in [-0.3, -0.25) is 15.9 Å². The van der Waals surface area contributed by atoms with Gasteiger partial charge in [-0.15, -0.1) is 5.92 Å². The van der Waals surface area contributed by atoms with E-state index in [0.29, 0.717) is 13.2 Å². The number of ether oxygens (including phenoxy) is 2. The van der Waals surface area contributed by atoms with Gasteiger partial charge in [-0.05, 0) is 19.8 Å². The number of carbonyl (C=O) groups excluding carboxylic acids is 3. The maximum absolute atomic E-state index is 11.7. The maximum Gasteiger partial charge on any atom is 1.00 e. The minimum Gasteiger partial charge on any atom is -0.542 e. The fourth-order valence-corrected chi connectivity index (χ4v) is 2.30. The average molecular weight is 368 g/mol. The topological polar surface area (TPSA) is 93.7 Å². The van der Waals surface area contributed by atoms with Crippen LogP contribution in [0.25, 0.3) is 0 Å². The molecule has 0 aliphatic heterocycles. The number of amides is 2. The van der Waals surface area contributed by atoms with Crippen molar-refractivity contribution in [1.82, 2.24) is 10.6 Å². The molecule has 134 valence electrons. The van der Waals surface area contributed by atoms with Gasteiger partial charge < -0.3 is 32.3 Å². The Morgan fingerprint density at radius 1 is 1.08 bits per heavy atom. The van der Waals surface area contributed by atoms with E-state index in [1.165, 1.54) is 0 Å². The molecule has 24 heavy (non-hydrogen) atoms. The number of carbonyl (C=O) groups is 2. The van der Waals surface area contributed by atoms with Crippen molar-refractivity contribution in [3.63, 3.8) is 0 Å². The summed E-state index contributed by atoms with van der Waals surface area (Å²) in [7, 11) is 0. The van der Waals surface area contributed by atoms with E-state index in [1.807, 2.05) is 13.2 Å². The summed E-state index contributed by atoms with van der Waals surface area (Å²) in [5, 5.41) is 5.52. The van der Waals surface area contributed by atoms with Crippen LogP contribution in [0.4, 0.5) is 0 Å². The van der Waals surface area contributed by atoms with Crippen LogP contribution in [0, 0.1) is 13.3 Å². The zero-order chi connectivity index (χ0) is 16.2. The van der Waals surface area contributed by atoms with Crippen LogP contribution in [-0.4, -0.2) is 57.1 Å². The minimum atomic E-state index is -0.196. The van der Waals surface area contributed by atoms with Crippen LogP contribution in [0.1, 0.15) is 32.6 Å². The van der Waals surface area contributed by atoms with Crippen LogP contribution < -0.4 is 62.0 Å². The molecule has 0 aromatic carbocycles. The van der Waals surface area contributed by atoms with Crippen molar-refractivity contribution in [1.29, 1.82) is 0 Å². The Hall–Kier alpha value is 0.166. The molecular formula is C16H28KN2O5-. The predicted octanol–water partition coefficient (Wildman–Crippen LogP) is -2.61. The summed E-state index contributed by atoms with van der Waals surface area (Å²) in [6.45, 7) is 2.95. The van der Waals surface area contributed by atoms with Crippen LogP contribution in [0.15, 0.2) is 0 Å². The monoisotopic (exact) mass is 367 g/mol. The van der Waals surface area contributed by atoms with Crippen molar-refractivity contribution in [2.75, 3.05) is 33.0 Å². The van der Waals surface area contributed by atoms with Gasteiger partial charge in [0.25, 0.3) is 0 Å². The van der Waals surface area contributed by atoms with E-state index in [1.54, 1.807) is 0 Å². The Kier molecular flexibility index (Phi) is 18.3. The van der Waals surface area contributed by atoms with Gasteiger partial charge in [-0.2, -0.15) is 0 Å². The molecule has 0 bridgehead atoms. The molecule has 1 aliphatic rings. The first-order chi connectivity index (χ1) is 10.7. The molecule has 8 heteroatoms. The van der Waals surface area contributed by atoms with Crippen LogP contribution in [0.3, 0.4) is 0 Å². The Balaban J connectivity index is 0. The molecule has 0 saturated heterocycles. The first-order valence-corrected chi connectivity index (χ1v) is 7.75. The molecule has 2 amide bonds. The van der Waals surface area contributed by atoms with Crippen molar-refractivity contribution in [3.05, 3.63) is 7.43 Å². The van der Waals surface area contributed by atoms with E-state index in [9.17, 15) is 14.4 Å². The summed E-state index contributed by atoms with van der Waals surface area (Å²) in [6, 6.07) is 0.117. The van der Waals surface area contributed by atoms with E-state index in [0.717, 1.165) is 25.7 Å². The van der Waals surface area contributed by atoms with E-state index >= 15 is 0 Å². The molecule has 0 aromatic rings. The number of rotatable bonds is 10. The van der Waals surface area contributed by atoms with E-state index in [-0.39, 0.29) is 102 Å². The summed E-state index contributed by atoms with van der Waals surface area (Å²) in [5.74, 6) is -0.345.